The molecule has 112 valence electrons. The van der Waals surface area contributed by atoms with Gasteiger partial charge in [0.1, 0.15) is 0 Å². The average Bonchev–Trinajstić information content (AvgIpc) is 2.97. The van der Waals surface area contributed by atoms with Crippen molar-refractivity contribution in [1.29, 1.82) is 5.26 Å². The van der Waals surface area contributed by atoms with Gasteiger partial charge in [0.15, 0.2) is 5.78 Å². The number of allylic oxidation sites excluding steroid dienone is 1. The van der Waals surface area contributed by atoms with Crippen LogP contribution >= 0.6 is 0 Å². The molecule has 2 rings (SSSR count). The molecule has 0 radical (unpaired) electrons. The lowest BCUT2D eigenvalue weighted by atomic mass is 9.89. The van der Waals surface area contributed by atoms with Crippen molar-refractivity contribution in [2.24, 2.45) is 5.41 Å². The molecular formula is C18H19N3O. The number of hydrogen-bond donors (Lipinski definition) is 0. The first kappa shape index (κ1) is 15.7. The maximum atomic E-state index is 12.3. The Morgan fingerprint density at radius 3 is 2.50 bits per heavy atom. The highest BCUT2D eigenvalue weighted by Crippen LogP contribution is 2.22. The molecule has 2 aromatic rings. The Morgan fingerprint density at radius 2 is 2.00 bits per heavy atom. The summed E-state index contributed by atoms with van der Waals surface area (Å²) in [7, 11) is 0. The number of nitrogens with zero attached hydrogens (tertiary/aromatic N) is 3. The van der Waals surface area contributed by atoms with Crippen LogP contribution in [0.4, 0.5) is 0 Å². The molecule has 22 heavy (non-hydrogen) atoms. The zero-order valence-corrected chi connectivity index (χ0v) is 13.1. The minimum absolute atomic E-state index is 0.0572. The van der Waals surface area contributed by atoms with E-state index < -0.39 is 0 Å². The number of ketones is 1. The van der Waals surface area contributed by atoms with E-state index in [1.54, 1.807) is 36.9 Å². The number of benzene rings is 1. The number of aromatic nitrogens is 2. The lowest BCUT2D eigenvalue weighted by Crippen LogP contribution is -2.12. The molecule has 1 aromatic carbocycles. The molecule has 0 N–H and O–H groups in total. The average molecular weight is 293 g/mol. The molecule has 1 heterocycles. The second-order valence-electron chi connectivity index (χ2n) is 6.39. The molecule has 0 aliphatic rings. The van der Waals surface area contributed by atoms with E-state index in [2.05, 4.69) is 11.1 Å². The molecule has 0 saturated heterocycles. The summed E-state index contributed by atoms with van der Waals surface area (Å²) >= 11 is 0. The topological polar surface area (TPSA) is 58.7 Å². The van der Waals surface area contributed by atoms with Gasteiger partial charge >= 0.3 is 0 Å². The second kappa shape index (κ2) is 6.40. The fourth-order valence-corrected chi connectivity index (χ4v) is 2.15. The number of carbonyl (C=O) groups excluding carboxylic acids is 1. The van der Waals surface area contributed by atoms with Crippen molar-refractivity contribution in [2.75, 3.05) is 0 Å². The van der Waals surface area contributed by atoms with E-state index in [-0.39, 0.29) is 11.2 Å². The lowest BCUT2D eigenvalue weighted by Gasteiger charge is -2.16. The predicted octanol–water partition coefficient (Wildman–Crippen LogP) is 3.65. The van der Waals surface area contributed by atoms with Crippen molar-refractivity contribution >= 4 is 11.5 Å². The van der Waals surface area contributed by atoms with Gasteiger partial charge in [-0.25, -0.2) is 4.98 Å². The fraction of sp³-hybridized carbons (Fsp3) is 0.278. The van der Waals surface area contributed by atoms with Crippen LogP contribution in [0.25, 0.3) is 5.70 Å². The van der Waals surface area contributed by atoms with Crippen LogP contribution in [0.5, 0.6) is 0 Å². The normalized spacial score (nSPS) is 12.0. The van der Waals surface area contributed by atoms with Gasteiger partial charge in [-0.2, -0.15) is 5.26 Å². The van der Waals surface area contributed by atoms with Gasteiger partial charge in [-0.05, 0) is 23.1 Å². The zero-order valence-electron chi connectivity index (χ0n) is 13.1. The maximum absolute atomic E-state index is 12.3. The van der Waals surface area contributed by atoms with Crippen molar-refractivity contribution in [3.05, 3.63) is 60.2 Å². The summed E-state index contributed by atoms with van der Waals surface area (Å²) in [6.07, 6.45) is 7.25. The number of hydrogen-bond acceptors (Lipinski definition) is 3. The van der Waals surface area contributed by atoms with Crippen molar-refractivity contribution in [3.8, 4) is 6.07 Å². The summed E-state index contributed by atoms with van der Waals surface area (Å²) in [6.45, 7) is 6.12. The van der Waals surface area contributed by atoms with E-state index in [1.807, 2.05) is 37.5 Å². The number of rotatable bonds is 4. The van der Waals surface area contributed by atoms with E-state index in [9.17, 15) is 4.79 Å². The Balaban J connectivity index is 2.39. The molecule has 0 atom stereocenters. The third kappa shape index (κ3) is 4.16. The molecule has 0 aliphatic heterocycles. The molecule has 0 fully saturated rings. The lowest BCUT2D eigenvalue weighted by molar-refractivity contribution is -0.116. The molecule has 4 heteroatoms. The molecule has 0 bridgehead atoms. The van der Waals surface area contributed by atoms with Gasteiger partial charge in [0.05, 0.1) is 23.7 Å². The summed E-state index contributed by atoms with van der Waals surface area (Å²) in [5, 5.41) is 8.89. The molecule has 0 spiro atoms. The Labute approximate surface area is 130 Å². The van der Waals surface area contributed by atoms with Crippen LogP contribution in [0.1, 0.15) is 38.3 Å². The molecule has 0 unspecified atom stereocenters. The quantitative estimate of drug-likeness (QED) is 0.808. The van der Waals surface area contributed by atoms with E-state index in [0.29, 0.717) is 12.0 Å². The molecule has 1 aromatic heterocycles. The monoisotopic (exact) mass is 293 g/mol. The van der Waals surface area contributed by atoms with E-state index >= 15 is 0 Å². The van der Waals surface area contributed by atoms with Gasteiger partial charge in [-0.3, -0.25) is 4.79 Å². The van der Waals surface area contributed by atoms with E-state index in [1.165, 1.54) is 0 Å². The summed E-state index contributed by atoms with van der Waals surface area (Å²) in [5.41, 5.74) is 2.17. The zero-order chi connectivity index (χ0) is 16.2. The smallest absolute Gasteiger partial charge is 0.158 e. The first-order valence-electron chi connectivity index (χ1n) is 7.12. The highest BCUT2D eigenvalue weighted by molar-refractivity contribution is 5.97. The highest BCUT2D eigenvalue weighted by Gasteiger charge is 2.16. The Morgan fingerprint density at radius 1 is 1.32 bits per heavy atom. The van der Waals surface area contributed by atoms with Crippen LogP contribution in [0.3, 0.4) is 0 Å². The fourth-order valence-electron chi connectivity index (χ4n) is 2.15. The summed E-state index contributed by atoms with van der Waals surface area (Å²) in [4.78, 5) is 16.3. The molecule has 0 amide bonds. The molecule has 0 aliphatic carbocycles. The first-order valence-corrected chi connectivity index (χ1v) is 7.12. The number of carbonyl (C=O) groups is 1. The largest absolute Gasteiger partial charge is 0.306 e. The Bertz CT molecular complexity index is 711. The van der Waals surface area contributed by atoms with Gasteiger partial charge in [0, 0.05) is 24.9 Å². The standard InChI is InChI=1S/C18H19N3O/c1-18(2,3)11-16(22)10-17(21-9-8-20-13-21)15-6-4-14(12-19)5-7-15/h4-10,13H,11H2,1-3H3/b17-10+. The first-order chi connectivity index (χ1) is 10.4. The SMILES string of the molecule is CC(C)(C)CC(=O)/C=C(\c1ccc(C#N)cc1)n1ccnc1. The number of imidazole rings is 1. The second-order valence-corrected chi connectivity index (χ2v) is 6.39. The summed E-state index contributed by atoms with van der Waals surface area (Å²) in [5.74, 6) is 0.0700. The van der Waals surface area contributed by atoms with Gasteiger partial charge in [0.2, 0.25) is 0 Å². The minimum atomic E-state index is -0.0572. The van der Waals surface area contributed by atoms with Crippen molar-refractivity contribution < 1.29 is 4.79 Å². The predicted molar refractivity (Wildman–Crippen MR) is 85.8 cm³/mol. The van der Waals surface area contributed by atoms with Gasteiger partial charge < -0.3 is 4.57 Å². The van der Waals surface area contributed by atoms with Crippen molar-refractivity contribution in [1.82, 2.24) is 9.55 Å². The van der Waals surface area contributed by atoms with E-state index in [4.69, 9.17) is 5.26 Å². The number of nitriles is 1. The van der Waals surface area contributed by atoms with Crippen LogP contribution in [-0.2, 0) is 4.79 Å². The Hall–Kier alpha value is -2.67. The molecule has 4 nitrogen and oxygen atoms in total. The third-order valence-electron chi connectivity index (χ3n) is 3.09. The van der Waals surface area contributed by atoms with Crippen molar-refractivity contribution in [3.63, 3.8) is 0 Å². The van der Waals surface area contributed by atoms with Gasteiger partial charge in [-0.1, -0.05) is 32.9 Å². The minimum Gasteiger partial charge on any atom is -0.306 e. The van der Waals surface area contributed by atoms with Crippen LogP contribution in [-0.4, -0.2) is 15.3 Å². The van der Waals surface area contributed by atoms with Crippen LogP contribution in [0.2, 0.25) is 0 Å². The van der Waals surface area contributed by atoms with Gasteiger partial charge in [0.25, 0.3) is 0 Å². The van der Waals surface area contributed by atoms with Crippen molar-refractivity contribution in [2.45, 2.75) is 27.2 Å². The summed E-state index contributed by atoms with van der Waals surface area (Å²) in [6, 6.07) is 9.27. The Kier molecular flexibility index (Phi) is 4.57. The highest BCUT2D eigenvalue weighted by atomic mass is 16.1. The van der Waals surface area contributed by atoms with Crippen LogP contribution < -0.4 is 0 Å². The summed E-state index contributed by atoms with van der Waals surface area (Å²) < 4.78 is 1.81. The third-order valence-corrected chi connectivity index (χ3v) is 3.09. The van der Waals surface area contributed by atoms with Crippen LogP contribution in [0, 0.1) is 16.7 Å². The van der Waals surface area contributed by atoms with Gasteiger partial charge in [-0.15, -0.1) is 0 Å². The molecular weight excluding hydrogens is 274 g/mol. The molecule has 0 saturated carbocycles. The van der Waals surface area contributed by atoms with Crippen LogP contribution in [0.15, 0.2) is 49.1 Å². The van der Waals surface area contributed by atoms with E-state index in [0.717, 1.165) is 11.3 Å². The maximum Gasteiger partial charge on any atom is 0.158 e.